The number of Topliss-reactive ketones (excluding diaryl/α,β-unsaturated/α-hetero) is 1. The van der Waals surface area contributed by atoms with Crippen LogP contribution < -0.4 is 5.32 Å². The molecule has 0 unspecified atom stereocenters. The Hall–Kier alpha value is -3.59. The average Bonchev–Trinajstić information content (AvgIpc) is 2.85. The quantitative estimate of drug-likeness (QED) is 0.409. The number of hydroxylamine groups is 2. The Morgan fingerprint density at radius 3 is 2.09 bits per heavy atom. The minimum atomic E-state index is -1.24. The monoisotopic (exact) mass is 472 g/mol. The number of carbonyl (C=O) groups excluding carboxylic acids is 3. The van der Waals surface area contributed by atoms with Gasteiger partial charge < -0.3 is 10.4 Å². The molecule has 0 aliphatic rings. The molecule has 2 amide bonds. The number of benzene rings is 2. The molecule has 0 saturated heterocycles. The van der Waals surface area contributed by atoms with E-state index in [1.54, 1.807) is 30.3 Å². The summed E-state index contributed by atoms with van der Waals surface area (Å²) >= 11 is 0. The van der Waals surface area contributed by atoms with Gasteiger partial charge in [0.25, 0.3) is 0 Å². The Balaban J connectivity index is 2.23. The maximum absolute atomic E-state index is 13.3. The predicted molar refractivity (Wildman–Crippen MR) is 122 cm³/mol. The van der Waals surface area contributed by atoms with Gasteiger partial charge in [0, 0.05) is 12.8 Å². The van der Waals surface area contributed by atoms with Crippen molar-refractivity contribution in [3.63, 3.8) is 0 Å². The number of nitrogens with one attached hydrogen (secondary N) is 1. The minimum absolute atomic E-state index is 0.0501. The molecule has 0 saturated carbocycles. The Morgan fingerprint density at radius 2 is 1.56 bits per heavy atom. The number of hydrogen-bond acceptors (Lipinski definition) is 5. The number of carboxylic acids is 1. The van der Waals surface area contributed by atoms with Gasteiger partial charge in [0.2, 0.25) is 11.8 Å². The van der Waals surface area contributed by atoms with E-state index in [2.05, 4.69) is 5.32 Å². The molecule has 34 heavy (non-hydrogen) atoms. The van der Waals surface area contributed by atoms with Crippen LogP contribution >= 0.6 is 0 Å². The molecule has 0 heterocycles. The number of aryl methyl sites for hydroxylation is 1. The summed E-state index contributed by atoms with van der Waals surface area (Å²) < 4.78 is 13.2. The van der Waals surface area contributed by atoms with Crippen LogP contribution in [0.5, 0.6) is 0 Å². The molecule has 2 N–H and O–H groups in total. The molecule has 2 aromatic carbocycles. The zero-order valence-electron chi connectivity index (χ0n) is 19.0. The van der Waals surface area contributed by atoms with E-state index >= 15 is 0 Å². The lowest BCUT2D eigenvalue weighted by Gasteiger charge is -2.30. The number of alkyl halides is 1. The number of aliphatic carboxylic acids is 1. The SMILES string of the molecule is CON(C(=O)CCC(=O)O)[C@@H](Cc1ccccc1)C(=O)N[C@@H](CCc1ccccc1)C(=O)CF. The number of amides is 2. The van der Waals surface area contributed by atoms with Gasteiger partial charge in [-0.05, 0) is 24.0 Å². The highest BCUT2D eigenvalue weighted by Gasteiger charge is 2.33. The highest BCUT2D eigenvalue weighted by atomic mass is 19.1. The standard InChI is InChI=1S/C25H29FN2O6/c1-34-28(23(30)14-15-24(31)32)21(16-19-10-6-3-7-11-19)25(33)27-20(22(29)17-26)13-12-18-8-4-2-5-9-18/h2-11,20-21H,12-17H2,1H3,(H,27,33)(H,31,32)/t20-,21-/m0/s1. The summed E-state index contributed by atoms with van der Waals surface area (Å²) in [6.07, 6.45) is -0.140. The van der Waals surface area contributed by atoms with Crippen LogP contribution in [0.4, 0.5) is 4.39 Å². The first kappa shape index (κ1) is 26.7. The molecule has 2 atom stereocenters. The summed E-state index contributed by atoms with van der Waals surface area (Å²) in [5, 5.41) is 12.3. The topological polar surface area (TPSA) is 113 Å². The van der Waals surface area contributed by atoms with Crippen LogP contribution in [0.1, 0.15) is 30.4 Å². The Labute approximate surface area is 197 Å². The molecule has 0 aliphatic heterocycles. The summed E-state index contributed by atoms with van der Waals surface area (Å²) in [6.45, 7) is -1.24. The summed E-state index contributed by atoms with van der Waals surface area (Å²) in [5.41, 5.74) is 1.64. The van der Waals surface area contributed by atoms with Gasteiger partial charge in [-0.15, -0.1) is 0 Å². The highest BCUT2D eigenvalue weighted by molar-refractivity contribution is 5.93. The van der Waals surface area contributed by atoms with Crippen molar-refractivity contribution in [2.75, 3.05) is 13.8 Å². The van der Waals surface area contributed by atoms with Crippen LogP contribution in [-0.2, 0) is 36.9 Å². The maximum Gasteiger partial charge on any atom is 0.303 e. The predicted octanol–water partition coefficient (Wildman–Crippen LogP) is 2.51. The fourth-order valence-corrected chi connectivity index (χ4v) is 3.48. The van der Waals surface area contributed by atoms with Gasteiger partial charge in [-0.25, -0.2) is 9.45 Å². The van der Waals surface area contributed by atoms with E-state index in [4.69, 9.17) is 9.94 Å². The first-order valence-corrected chi connectivity index (χ1v) is 10.9. The van der Waals surface area contributed by atoms with Gasteiger partial charge in [-0.2, -0.15) is 0 Å². The molecule has 0 bridgehead atoms. The van der Waals surface area contributed by atoms with Gasteiger partial charge in [0.15, 0.2) is 5.78 Å². The molecule has 2 aromatic rings. The summed E-state index contributed by atoms with van der Waals surface area (Å²) in [6, 6.07) is 15.8. The molecule has 0 aromatic heterocycles. The smallest absolute Gasteiger partial charge is 0.303 e. The fraction of sp³-hybridized carbons (Fsp3) is 0.360. The molecule has 0 fully saturated rings. The first-order chi connectivity index (χ1) is 16.3. The molecular weight excluding hydrogens is 443 g/mol. The lowest BCUT2D eigenvalue weighted by atomic mass is 10.0. The number of carboxylic acid groups (broad SMARTS) is 1. The minimum Gasteiger partial charge on any atom is -0.481 e. The van der Waals surface area contributed by atoms with Crippen molar-refractivity contribution in [3.05, 3.63) is 71.8 Å². The Kier molecular flexibility index (Phi) is 10.9. The number of ketones is 1. The summed E-state index contributed by atoms with van der Waals surface area (Å²) in [7, 11) is 1.20. The van der Waals surface area contributed by atoms with Crippen LogP contribution in [0.3, 0.4) is 0 Å². The Bertz CT molecular complexity index is 954. The first-order valence-electron chi connectivity index (χ1n) is 10.9. The molecule has 0 spiro atoms. The third kappa shape index (κ3) is 8.40. The number of halogens is 1. The number of hydrogen-bond donors (Lipinski definition) is 2. The van der Waals surface area contributed by atoms with Crippen LogP contribution in [0.25, 0.3) is 0 Å². The third-order valence-corrected chi connectivity index (χ3v) is 5.25. The van der Waals surface area contributed by atoms with E-state index in [0.717, 1.165) is 10.6 Å². The average molecular weight is 473 g/mol. The molecule has 182 valence electrons. The Morgan fingerprint density at radius 1 is 0.971 bits per heavy atom. The lowest BCUT2D eigenvalue weighted by molar-refractivity contribution is -0.192. The van der Waals surface area contributed by atoms with Crippen molar-refractivity contribution in [1.82, 2.24) is 10.4 Å². The maximum atomic E-state index is 13.3. The number of rotatable bonds is 14. The second kappa shape index (κ2) is 13.8. The molecular formula is C25H29FN2O6. The molecule has 2 rings (SSSR count). The summed E-state index contributed by atoms with van der Waals surface area (Å²) in [5.74, 6) is -3.33. The van der Waals surface area contributed by atoms with Crippen molar-refractivity contribution < 1.29 is 33.5 Å². The number of nitrogens with zero attached hydrogens (tertiary/aromatic N) is 1. The van der Waals surface area contributed by atoms with Gasteiger partial charge >= 0.3 is 5.97 Å². The molecule has 9 heteroatoms. The molecule has 0 radical (unpaired) electrons. The van der Waals surface area contributed by atoms with E-state index in [1.807, 2.05) is 30.3 Å². The summed E-state index contributed by atoms with van der Waals surface area (Å²) in [4.78, 5) is 54.2. The van der Waals surface area contributed by atoms with Gasteiger partial charge in [-0.1, -0.05) is 60.7 Å². The van der Waals surface area contributed by atoms with Crippen LogP contribution in [-0.4, -0.2) is 59.6 Å². The zero-order valence-corrected chi connectivity index (χ0v) is 19.0. The van der Waals surface area contributed by atoms with Crippen LogP contribution in [0.15, 0.2) is 60.7 Å². The van der Waals surface area contributed by atoms with E-state index in [1.165, 1.54) is 7.11 Å². The molecule has 0 aliphatic carbocycles. The van der Waals surface area contributed by atoms with E-state index in [9.17, 15) is 23.6 Å². The van der Waals surface area contributed by atoms with Gasteiger partial charge in [0.1, 0.15) is 12.7 Å². The molecule has 8 nitrogen and oxygen atoms in total. The largest absolute Gasteiger partial charge is 0.481 e. The zero-order chi connectivity index (χ0) is 24.9. The second-order valence-corrected chi connectivity index (χ2v) is 7.69. The number of carbonyl (C=O) groups is 4. The van der Waals surface area contributed by atoms with E-state index in [0.29, 0.717) is 12.0 Å². The second-order valence-electron chi connectivity index (χ2n) is 7.69. The van der Waals surface area contributed by atoms with Crippen LogP contribution in [0, 0.1) is 0 Å². The highest BCUT2D eigenvalue weighted by Crippen LogP contribution is 2.14. The normalized spacial score (nSPS) is 12.4. The third-order valence-electron chi connectivity index (χ3n) is 5.25. The van der Waals surface area contributed by atoms with E-state index in [-0.39, 0.29) is 19.3 Å². The lowest BCUT2D eigenvalue weighted by Crippen LogP contribution is -2.54. The van der Waals surface area contributed by atoms with E-state index < -0.39 is 48.7 Å². The van der Waals surface area contributed by atoms with Gasteiger partial charge in [-0.3, -0.25) is 24.0 Å². The van der Waals surface area contributed by atoms with Crippen molar-refractivity contribution in [2.45, 2.75) is 44.2 Å². The fourth-order valence-electron chi connectivity index (χ4n) is 3.48. The van der Waals surface area contributed by atoms with Gasteiger partial charge in [0.05, 0.1) is 19.6 Å². The van der Waals surface area contributed by atoms with Crippen molar-refractivity contribution in [2.24, 2.45) is 0 Å². The van der Waals surface area contributed by atoms with Crippen LogP contribution in [0.2, 0.25) is 0 Å². The van der Waals surface area contributed by atoms with Crippen molar-refractivity contribution >= 4 is 23.6 Å². The van der Waals surface area contributed by atoms with Crippen molar-refractivity contribution in [3.8, 4) is 0 Å². The van der Waals surface area contributed by atoms with Crippen molar-refractivity contribution in [1.29, 1.82) is 0 Å².